The van der Waals surface area contributed by atoms with Crippen molar-refractivity contribution in [2.45, 2.75) is 12.3 Å². The molecule has 0 radical (unpaired) electrons. The van der Waals surface area contributed by atoms with E-state index in [0.29, 0.717) is 28.6 Å². The maximum atomic E-state index is 12.2. The van der Waals surface area contributed by atoms with E-state index >= 15 is 0 Å². The highest BCUT2D eigenvalue weighted by molar-refractivity contribution is 6.30. The van der Waals surface area contributed by atoms with Crippen LogP contribution in [0.5, 0.6) is 0 Å². The highest BCUT2D eigenvalue weighted by atomic mass is 35.5. The Morgan fingerprint density at radius 1 is 0.926 bits per heavy atom. The summed E-state index contributed by atoms with van der Waals surface area (Å²) in [6, 6.07) is 18.2. The number of halogens is 2. The number of amides is 1. The van der Waals surface area contributed by atoms with Crippen LogP contribution in [0.15, 0.2) is 71.7 Å². The van der Waals surface area contributed by atoms with Crippen molar-refractivity contribution >= 4 is 29.1 Å². The molecule has 138 valence electrons. The van der Waals surface area contributed by atoms with Crippen molar-refractivity contribution in [2.75, 3.05) is 6.54 Å². The van der Waals surface area contributed by atoms with Crippen LogP contribution in [0, 0.1) is 0 Å². The Morgan fingerprint density at radius 3 is 2.00 bits per heavy atom. The molecule has 0 atom stereocenters. The molecule has 2 aromatic carbocycles. The van der Waals surface area contributed by atoms with E-state index in [1.807, 2.05) is 48.5 Å². The number of carbonyl (C=O) groups is 1. The molecule has 2 N–H and O–H groups in total. The Bertz CT molecular complexity index is 921. The van der Waals surface area contributed by atoms with Crippen molar-refractivity contribution in [2.24, 2.45) is 0 Å². The molecule has 0 unspecified atom stereocenters. The predicted molar refractivity (Wildman–Crippen MR) is 109 cm³/mol. The number of aromatic nitrogens is 1. The lowest BCUT2D eigenvalue weighted by Gasteiger charge is -2.19. The van der Waals surface area contributed by atoms with Gasteiger partial charge in [-0.05, 0) is 47.9 Å². The molecule has 1 heterocycles. The normalized spacial score (nSPS) is 10.8. The van der Waals surface area contributed by atoms with Gasteiger partial charge in [0.1, 0.15) is 0 Å². The first kappa shape index (κ1) is 19.2. The minimum Gasteiger partial charge on any atom is -0.352 e. The summed E-state index contributed by atoms with van der Waals surface area (Å²) >= 11 is 12.0. The molecule has 0 aliphatic carbocycles. The van der Waals surface area contributed by atoms with Crippen LogP contribution in [-0.4, -0.2) is 17.4 Å². The van der Waals surface area contributed by atoms with Gasteiger partial charge in [0.05, 0.1) is 0 Å². The number of carbonyl (C=O) groups excluding carboxylic acids is 1. The summed E-state index contributed by atoms with van der Waals surface area (Å²) < 4.78 is 0. The fraction of sp³-hybridized carbons (Fsp3) is 0.143. The van der Waals surface area contributed by atoms with Crippen LogP contribution in [0.3, 0.4) is 0 Å². The summed E-state index contributed by atoms with van der Waals surface area (Å²) in [7, 11) is 0. The largest absolute Gasteiger partial charge is 0.352 e. The van der Waals surface area contributed by atoms with Crippen LogP contribution < -0.4 is 10.9 Å². The molecule has 4 nitrogen and oxygen atoms in total. The minimum absolute atomic E-state index is 0.0824. The quantitative estimate of drug-likeness (QED) is 0.633. The molecule has 0 saturated carbocycles. The third kappa shape index (κ3) is 5.22. The zero-order chi connectivity index (χ0) is 19.2. The summed E-state index contributed by atoms with van der Waals surface area (Å²) in [4.78, 5) is 26.1. The van der Waals surface area contributed by atoms with Crippen LogP contribution in [-0.2, 0) is 0 Å². The molecule has 6 heteroatoms. The molecule has 27 heavy (non-hydrogen) atoms. The second-order valence-electron chi connectivity index (χ2n) is 6.14. The Kier molecular flexibility index (Phi) is 6.32. The molecule has 0 aliphatic rings. The highest BCUT2D eigenvalue weighted by Gasteiger charge is 2.15. The summed E-state index contributed by atoms with van der Waals surface area (Å²) in [6.07, 6.45) is 2.15. The molecule has 0 fully saturated rings. The van der Waals surface area contributed by atoms with E-state index in [0.717, 1.165) is 11.1 Å². The molecule has 3 aromatic rings. The second kappa shape index (κ2) is 8.89. The summed E-state index contributed by atoms with van der Waals surface area (Å²) in [5.41, 5.74) is 2.25. The average Bonchev–Trinajstić information content (AvgIpc) is 2.67. The number of aromatic amines is 1. The number of benzene rings is 2. The molecule has 1 amide bonds. The summed E-state index contributed by atoms with van der Waals surface area (Å²) in [5, 5.41) is 4.23. The van der Waals surface area contributed by atoms with Gasteiger partial charge < -0.3 is 10.3 Å². The molecule has 3 rings (SSSR count). The van der Waals surface area contributed by atoms with E-state index in [9.17, 15) is 9.59 Å². The number of hydrogen-bond donors (Lipinski definition) is 2. The Labute approximate surface area is 167 Å². The van der Waals surface area contributed by atoms with E-state index < -0.39 is 0 Å². The lowest BCUT2D eigenvalue weighted by Crippen LogP contribution is -2.27. The van der Waals surface area contributed by atoms with E-state index in [1.54, 1.807) is 6.07 Å². The first-order chi connectivity index (χ1) is 13.0. The SMILES string of the molecule is O=C(NCCC(c1ccc(Cl)cc1)c1ccc(Cl)cc1)c1cc[nH]c(=O)c1. The van der Waals surface area contributed by atoms with Gasteiger partial charge in [-0.1, -0.05) is 47.5 Å². The second-order valence-corrected chi connectivity index (χ2v) is 7.01. The fourth-order valence-electron chi connectivity index (χ4n) is 2.93. The molecule has 0 saturated heterocycles. The third-order valence-electron chi connectivity index (χ3n) is 4.30. The van der Waals surface area contributed by atoms with E-state index in [4.69, 9.17) is 23.2 Å². The van der Waals surface area contributed by atoms with Gasteiger partial charge in [-0.2, -0.15) is 0 Å². The van der Waals surface area contributed by atoms with Gasteiger partial charge in [-0.3, -0.25) is 9.59 Å². The Balaban J connectivity index is 1.73. The zero-order valence-electron chi connectivity index (χ0n) is 14.4. The van der Waals surface area contributed by atoms with E-state index in [-0.39, 0.29) is 17.4 Å². The number of H-pyrrole nitrogens is 1. The molecule has 1 aromatic heterocycles. The van der Waals surface area contributed by atoms with Crippen molar-refractivity contribution in [1.82, 2.24) is 10.3 Å². The van der Waals surface area contributed by atoms with Crippen LogP contribution >= 0.6 is 23.2 Å². The van der Waals surface area contributed by atoms with Gasteiger partial charge in [0.25, 0.3) is 5.91 Å². The smallest absolute Gasteiger partial charge is 0.251 e. The molecular formula is C21H18Cl2N2O2. The van der Waals surface area contributed by atoms with Gasteiger partial charge in [-0.25, -0.2) is 0 Å². The lowest BCUT2D eigenvalue weighted by atomic mass is 9.88. The van der Waals surface area contributed by atoms with E-state index in [2.05, 4.69) is 10.3 Å². The van der Waals surface area contributed by atoms with Crippen molar-refractivity contribution in [3.05, 3.63) is 104 Å². The zero-order valence-corrected chi connectivity index (χ0v) is 15.9. The fourth-order valence-corrected chi connectivity index (χ4v) is 3.19. The maximum absolute atomic E-state index is 12.2. The average molecular weight is 401 g/mol. The Morgan fingerprint density at radius 2 is 1.48 bits per heavy atom. The van der Waals surface area contributed by atoms with Crippen molar-refractivity contribution in [3.8, 4) is 0 Å². The maximum Gasteiger partial charge on any atom is 0.251 e. The molecule has 0 spiro atoms. The molecule has 0 aliphatic heterocycles. The third-order valence-corrected chi connectivity index (χ3v) is 4.80. The lowest BCUT2D eigenvalue weighted by molar-refractivity contribution is 0.0952. The molecular weight excluding hydrogens is 383 g/mol. The monoisotopic (exact) mass is 400 g/mol. The van der Waals surface area contributed by atoms with Crippen LogP contribution in [0.1, 0.15) is 33.8 Å². The molecule has 0 bridgehead atoms. The van der Waals surface area contributed by atoms with Crippen molar-refractivity contribution in [1.29, 1.82) is 0 Å². The first-order valence-electron chi connectivity index (χ1n) is 8.51. The van der Waals surface area contributed by atoms with Crippen LogP contribution in [0.25, 0.3) is 0 Å². The summed E-state index contributed by atoms with van der Waals surface area (Å²) in [5.74, 6) is -0.189. The van der Waals surface area contributed by atoms with Crippen molar-refractivity contribution < 1.29 is 4.79 Å². The van der Waals surface area contributed by atoms with Crippen molar-refractivity contribution in [3.63, 3.8) is 0 Å². The topological polar surface area (TPSA) is 62.0 Å². The van der Waals surface area contributed by atoms with Crippen LogP contribution in [0.2, 0.25) is 10.0 Å². The predicted octanol–water partition coefficient (Wildman–Crippen LogP) is 4.63. The standard InChI is InChI=1S/C21H18Cl2N2O2/c22-17-5-1-14(2-6-17)19(15-3-7-18(23)8-4-15)10-12-25-21(27)16-9-11-24-20(26)13-16/h1-9,11,13,19H,10,12H2,(H,24,26)(H,25,27). The minimum atomic E-state index is -0.303. The Hall–Kier alpha value is -2.56. The van der Waals surface area contributed by atoms with Gasteiger partial charge in [-0.15, -0.1) is 0 Å². The summed E-state index contributed by atoms with van der Waals surface area (Å²) in [6.45, 7) is 0.460. The van der Waals surface area contributed by atoms with Crippen LogP contribution in [0.4, 0.5) is 0 Å². The first-order valence-corrected chi connectivity index (χ1v) is 9.26. The number of pyridine rings is 1. The van der Waals surface area contributed by atoms with Gasteiger partial charge in [0.15, 0.2) is 0 Å². The number of hydrogen-bond acceptors (Lipinski definition) is 2. The van der Waals surface area contributed by atoms with Gasteiger partial charge in [0.2, 0.25) is 5.56 Å². The highest BCUT2D eigenvalue weighted by Crippen LogP contribution is 2.29. The van der Waals surface area contributed by atoms with Gasteiger partial charge >= 0.3 is 0 Å². The number of nitrogens with one attached hydrogen (secondary N) is 2. The number of rotatable bonds is 6. The van der Waals surface area contributed by atoms with E-state index in [1.165, 1.54) is 12.3 Å². The van der Waals surface area contributed by atoms with Gasteiger partial charge in [0, 0.05) is 40.3 Å².